The summed E-state index contributed by atoms with van der Waals surface area (Å²) in [6.07, 6.45) is 14.9. The Labute approximate surface area is 454 Å². The predicted molar refractivity (Wildman–Crippen MR) is 303 cm³/mol. The molecule has 0 radical (unpaired) electrons. The zero-order chi connectivity index (χ0) is 52.5. The van der Waals surface area contributed by atoms with E-state index in [0.717, 1.165) is 109 Å². The first-order chi connectivity index (χ1) is 38.5. The van der Waals surface area contributed by atoms with E-state index in [9.17, 15) is 5.11 Å². The van der Waals surface area contributed by atoms with Crippen LogP contribution in [0.2, 0.25) is 0 Å². The van der Waals surface area contributed by atoms with Crippen LogP contribution in [0.15, 0.2) is 134 Å². The number of aliphatic hydroxyl groups is 1. The predicted octanol–water partition coefficient (Wildman–Crippen LogP) is 6.72. The summed E-state index contributed by atoms with van der Waals surface area (Å²) in [5.74, 6) is 4.51. The van der Waals surface area contributed by atoms with Gasteiger partial charge in [-0.15, -0.1) is 0 Å². The van der Waals surface area contributed by atoms with Gasteiger partial charge in [-0.25, -0.2) is 39.9 Å². The number of nitrogens with zero attached hydrogens (tertiary/aromatic N) is 15. The summed E-state index contributed by atoms with van der Waals surface area (Å²) in [6.45, 7) is 8.63. The highest BCUT2D eigenvalue weighted by Crippen LogP contribution is 2.30. The molecule has 2 unspecified atom stereocenters. The SMILES string of the molecule is OCC1CCCN1c1ccc(Nc2ncnc(N3CCN(c4ncc(Cc5ccccc5)c(-c5ccc(Cc6cnc(N7CCN(c8ncnc(Nc9ccc(OCC%10CCCN%10)cc9)n8)CC7)nc6)cc5)n4)CC3)n2)cc1. The molecule has 2 atom stereocenters. The van der Waals surface area contributed by atoms with Crippen LogP contribution in [0.1, 0.15) is 47.9 Å². The number of benzene rings is 4. The minimum absolute atomic E-state index is 0.169. The van der Waals surface area contributed by atoms with Crippen LogP contribution in [0.5, 0.6) is 5.75 Å². The highest BCUT2D eigenvalue weighted by molar-refractivity contribution is 5.66. The van der Waals surface area contributed by atoms with Crippen molar-refractivity contribution in [2.45, 2.75) is 50.6 Å². The lowest BCUT2D eigenvalue weighted by atomic mass is 9.99. The number of piperazine rings is 2. The number of hydrogen-bond donors (Lipinski definition) is 4. The van der Waals surface area contributed by atoms with E-state index in [1.807, 2.05) is 61.1 Å². The van der Waals surface area contributed by atoms with Crippen molar-refractivity contribution in [3.63, 3.8) is 0 Å². The number of aliphatic hydroxyl groups excluding tert-OH is 1. The fourth-order valence-electron chi connectivity index (χ4n) is 10.7. The maximum Gasteiger partial charge on any atom is 0.231 e. The van der Waals surface area contributed by atoms with Crippen LogP contribution in [0.3, 0.4) is 0 Å². The molecule has 8 aromatic rings. The van der Waals surface area contributed by atoms with Gasteiger partial charge in [0, 0.05) is 125 Å². The van der Waals surface area contributed by atoms with Gasteiger partial charge in [-0.3, -0.25) is 0 Å². The average molecular weight is 1050 g/mol. The van der Waals surface area contributed by atoms with Gasteiger partial charge >= 0.3 is 0 Å². The van der Waals surface area contributed by atoms with E-state index in [4.69, 9.17) is 34.6 Å². The molecule has 4 aliphatic rings. The monoisotopic (exact) mass is 1040 g/mol. The molecule has 20 nitrogen and oxygen atoms in total. The largest absolute Gasteiger partial charge is 0.492 e. The lowest BCUT2D eigenvalue weighted by Crippen LogP contribution is -2.47. The smallest absolute Gasteiger partial charge is 0.231 e. The van der Waals surface area contributed by atoms with E-state index >= 15 is 0 Å². The van der Waals surface area contributed by atoms with Crippen molar-refractivity contribution in [2.75, 3.05) is 114 Å². The van der Waals surface area contributed by atoms with Crippen LogP contribution in [0.4, 0.5) is 52.8 Å². The van der Waals surface area contributed by atoms with Crippen LogP contribution >= 0.6 is 0 Å². The molecule has 0 spiro atoms. The molecule has 4 aromatic carbocycles. The topological polar surface area (TPSA) is 211 Å². The summed E-state index contributed by atoms with van der Waals surface area (Å²) in [6, 6.07) is 35.9. The molecular weight excluding hydrogens is 981 g/mol. The van der Waals surface area contributed by atoms with E-state index in [2.05, 4.69) is 121 Å². The third-order valence-corrected chi connectivity index (χ3v) is 15.0. The zero-order valence-electron chi connectivity index (χ0n) is 43.6. The van der Waals surface area contributed by atoms with Crippen molar-refractivity contribution >= 4 is 52.8 Å². The summed E-state index contributed by atoms with van der Waals surface area (Å²) in [5.41, 5.74) is 9.31. The maximum atomic E-state index is 9.80. The molecule has 4 aromatic heterocycles. The number of anilines is 9. The average Bonchev–Trinajstić information content (AvgIpc) is 4.22. The second kappa shape index (κ2) is 23.7. The van der Waals surface area contributed by atoms with Crippen molar-refractivity contribution in [1.82, 2.24) is 55.2 Å². The summed E-state index contributed by atoms with van der Waals surface area (Å²) in [4.78, 5) is 58.3. The summed E-state index contributed by atoms with van der Waals surface area (Å²) >= 11 is 0. The van der Waals surface area contributed by atoms with E-state index < -0.39 is 0 Å². The Bertz CT molecular complexity index is 3210. The van der Waals surface area contributed by atoms with Gasteiger partial charge in [0.05, 0.1) is 18.3 Å². The van der Waals surface area contributed by atoms with Gasteiger partial charge < -0.3 is 50.3 Å². The molecule has 8 heterocycles. The molecule has 4 aliphatic heterocycles. The molecule has 0 saturated carbocycles. The number of hydrogen-bond acceptors (Lipinski definition) is 20. The van der Waals surface area contributed by atoms with Crippen molar-refractivity contribution in [1.29, 1.82) is 0 Å². The number of nitrogens with one attached hydrogen (secondary N) is 3. The van der Waals surface area contributed by atoms with Crippen molar-refractivity contribution in [3.05, 3.63) is 157 Å². The van der Waals surface area contributed by atoms with E-state index in [0.29, 0.717) is 87.4 Å². The molecule has 0 amide bonds. The van der Waals surface area contributed by atoms with Crippen LogP contribution in [-0.2, 0) is 12.8 Å². The van der Waals surface area contributed by atoms with Gasteiger partial charge in [0.25, 0.3) is 0 Å². The Hall–Kier alpha value is -8.62. The van der Waals surface area contributed by atoms with E-state index in [-0.39, 0.29) is 12.6 Å². The Morgan fingerprint density at radius 3 is 1.71 bits per heavy atom. The molecule has 4 saturated heterocycles. The van der Waals surface area contributed by atoms with Crippen LogP contribution in [0, 0.1) is 0 Å². The first-order valence-corrected chi connectivity index (χ1v) is 27.2. The Balaban J connectivity index is 0.646. The minimum atomic E-state index is 0.169. The molecule has 4 fully saturated rings. The second-order valence-corrected chi connectivity index (χ2v) is 20.2. The van der Waals surface area contributed by atoms with Crippen molar-refractivity contribution < 1.29 is 9.84 Å². The Kier molecular flexibility index (Phi) is 15.3. The first-order valence-electron chi connectivity index (χ1n) is 27.2. The van der Waals surface area contributed by atoms with Crippen molar-refractivity contribution in [2.24, 2.45) is 0 Å². The van der Waals surface area contributed by atoms with Gasteiger partial charge in [0.15, 0.2) is 0 Å². The number of ether oxygens (including phenoxy) is 1. The third kappa shape index (κ3) is 12.1. The summed E-state index contributed by atoms with van der Waals surface area (Å²) in [7, 11) is 0. The van der Waals surface area contributed by atoms with Gasteiger partial charge in [-0.1, -0.05) is 54.6 Å². The molecule has 0 bridgehead atoms. The van der Waals surface area contributed by atoms with Crippen LogP contribution in [-0.4, -0.2) is 146 Å². The number of rotatable bonds is 18. The lowest BCUT2D eigenvalue weighted by Gasteiger charge is -2.34. The molecule has 12 rings (SSSR count). The van der Waals surface area contributed by atoms with Gasteiger partial charge in [0.2, 0.25) is 35.7 Å². The summed E-state index contributed by atoms with van der Waals surface area (Å²) in [5, 5.41) is 19.9. The molecule has 398 valence electrons. The van der Waals surface area contributed by atoms with Gasteiger partial charge in [-0.05, 0) is 97.4 Å². The van der Waals surface area contributed by atoms with Crippen LogP contribution < -0.4 is 45.2 Å². The normalized spacial score (nSPS) is 17.6. The van der Waals surface area contributed by atoms with Gasteiger partial charge in [-0.2, -0.15) is 9.97 Å². The van der Waals surface area contributed by atoms with Crippen LogP contribution in [0.25, 0.3) is 11.3 Å². The van der Waals surface area contributed by atoms with E-state index in [1.54, 1.807) is 12.7 Å². The minimum Gasteiger partial charge on any atom is -0.492 e. The van der Waals surface area contributed by atoms with E-state index in [1.165, 1.54) is 12.0 Å². The maximum absolute atomic E-state index is 9.80. The molecule has 20 heteroatoms. The molecule has 78 heavy (non-hydrogen) atoms. The molecular formula is C58H64N18O2. The quantitative estimate of drug-likeness (QED) is 0.0703. The number of aromatic nitrogens is 10. The highest BCUT2D eigenvalue weighted by Gasteiger charge is 2.26. The Morgan fingerprint density at radius 1 is 0.526 bits per heavy atom. The fraction of sp³-hybridized carbons (Fsp3) is 0.345. The molecule has 0 aliphatic carbocycles. The fourth-order valence-corrected chi connectivity index (χ4v) is 10.7. The Morgan fingerprint density at radius 2 is 1.10 bits per heavy atom. The second-order valence-electron chi connectivity index (χ2n) is 20.2. The first kappa shape index (κ1) is 50.2. The van der Waals surface area contributed by atoms with Gasteiger partial charge in [0.1, 0.15) is 25.0 Å². The third-order valence-electron chi connectivity index (χ3n) is 15.0. The standard InChI is InChI=1S/C58H64N18O2/c77-37-50-9-5-23-76(50)49-18-14-46(15-19-49)67-53-63-39-66-58(70-53)75-30-28-73(29-31-75)56-62-36-45(33-41-6-2-1-3-7-41)52(69-56)44-12-10-42(11-13-44)32-43-34-60-55(61-35-43)72-24-26-74(27-25-72)57-65-40-64-54(71-57)68-47-16-20-51(21-17-47)78-38-48-8-4-22-59-48/h1-3,6-7,10-21,34-36,39-40,48,50,59,77H,4-5,8-9,22-33,37-38H2,(H,63,66,67,70)(H,64,65,68,71). The molecule has 4 N–H and O–H groups in total. The summed E-state index contributed by atoms with van der Waals surface area (Å²) < 4.78 is 5.98. The lowest BCUT2D eigenvalue weighted by molar-refractivity contribution is 0.266. The highest BCUT2D eigenvalue weighted by atomic mass is 16.5. The zero-order valence-corrected chi connectivity index (χ0v) is 43.6. The van der Waals surface area contributed by atoms with Crippen molar-refractivity contribution in [3.8, 4) is 17.0 Å².